The molecule has 1 aromatic carbocycles. The molecule has 1 atom stereocenters. The van der Waals surface area contributed by atoms with Crippen LogP contribution in [0.25, 0.3) is 0 Å². The summed E-state index contributed by atoms with van der Waals surface area (Å²) in [5.41, 5.74) is 1.61. The SMILES string of the molecule is COC(=O)c1cc(F)ccc1NC(C)c1ccoc1. The third-order valence-electron chi connectivity index (χ3n) is 2.80. The summed E-state index contributed by atoms with van der Waals surface area (Å²) in [4.78, 5) is 11.6. The van der Waals surface area contributed by atoms with Crippen LogP contribution in [0, 0.1) is 5.82 Å². The summed E-state index contributed by atoms with van der Waals surface area (Å²) in [6.45, 7) is 1.91. The predicted molar refractivity (Wildman–Crippen MR) is 68.5 cm³/mol. The van der Waals surface area contributed by atoms with Crippen LogP contribution in [-0.2, 0) is 4.74 Å². The Morgan fingerprint density at radius 1 is 1.42 bits per heavy atom. The van der Waals surface area contributed by atoms with E-state index in [0.717, 1.165) is 11.6 Å². The Morgan fingerprint density at radius 2 is 2.21 bits per heavy atom. The Balaban J connectivity index is 2.27. The summed E-state index contributed by atoms with van der Waals surface area (Å²) in [7, 11) is 1.26. The smallest absolute Gasteiger partial charge is 0.340 e. The topological polar surface area (TPSA) is 51.5 Å². The van der Waals surface area contributed by atoms with Gasteiger partial charge in [0.25, 0.3) is 0 Å². The van der Waals surface area contributed by atoms with Crippen LogP contribution in [0.15, 0.2) is 41.2 Å². The van der Waals surface area contributed by atoms with Crippen LogP contribution in [-0.4, -0.2) is 13.1 Å². The maximum Gasteiger partial charge on any atom is 0.340 e. The molecule has 2 rings (SSSR count). The highest BCUT2D eigenvalue weighted by molar-refractivity contribution is 5.95. The van der Waals surface area contributed by atoms with Crippen molar-refractivity contribution >= 4 is 11.7 Å². The van der Waals surface area contributed by atoms with Crippen molar-refractivity contribution in [1.29, 1.82) is 0 Å². The van der Waals surface area contributed by atoms with Gasteiger partial charge in [0, 0.05) is 11.3 Å². The lowest BCUT2D eigenvalue weighted by Gasteiger charge is -2.16. The lowest BCUT2D eigenvalue weighted by molar-refractivity contribution is 0.0601. The van der Waals surface area contributed by atoms with Gasteiger partial charge in [0.15, 0.2) is 0 Å². The number of benzene rings is 1. The molecule has 2 aromatic rings. The number of halogens is 1. The molecule has 100 valence electrons. The third-order valence-corrected chi connectivity index (χ3v) is 2.80. The summed E-state index contributed by atoms with van der Waals surface area (Å²) >= 11 is 0. The largest absolute Gasteiger partial charge is 0.472 e. The van der Waals surface area contributed by atoms with Crippen LogP contribution >= 0.6 is 0 Å². The van der Waals surface area contributed by atoms with Crippen LogP contribution in [0.5, 0.6) is 0 Å². The molecule has 0 aliphatic carbocycles. The number of anilines is 1. The maximum absolute atomic E-state index is 13.2. The average molecular weight is 263 g/mol. The molecular weight excluding hydrogens is 249 g/mol. The van der Waals surface area contributed by atoms with Gasteiger partial charge in [-0.05, 0) is 31.2 Å². The molecule has 0 bridgehead atoms. The zero-order chi connectivity index (χ0) is 13.8. The zero-order valence-corrected chi connectivity index (χ0v) is 10.6. The van der Waals surface area contributed by atoms with Crippen molar-refractivity contribution in [3.05, 3.63) is 53.7 Å². The van der Waals surface area contributed by atoms with Crippen molar-refractivity contribution in [3.8, 4) is 0 Å². The van der Waals surface area contributed by atoms with Gasteiger partial charge in [0.2, 0.25) is 0 Å². The molecule has 5 heteroatoms. The number of esters is 1. The fourth-order valence-corrected chi connectivity index (χ4v) is 1.76. The molecule has 1 aromatic heterocycles. The Bertz CT molecular complexity index is 566. The Hall–Kier alpha value is -2.30. The van der Waals surface area contributed by atoms with Crippen molar-refractivity contribution in [1.82, 2.24) is 0 Å². The third kappa shape index (κ3) is 2.93. The van der Waals surface area contributed by atoms with E-state index in [1.807, 2.05) is 13.0 Å². The van der Waals surface area contributed by atoms with Crippen LogP contribution in [0.1, 0.15) is 28.9 Å². The molecule has 0 radical (unpaired) electrons. The highest BCUT2D eigenvalue weighted by atomic mass is 19.1. The molecule has 0 fully saturated rings. The molecule has 1 unspecified atom stereocenters. The molecule has 1 heterocycles. The first-order chi connectivity index (χ1) is 9.11. The number of methoxy groups -OCH3 is 1. The summed E-state index contributed by atoms with van der Waals surface area (Å²) in [6, 6.07) is 5.69. The Labute approximate surface area is 110 Å². The van der Waals surface area contributed by atoms with Crippen molar-refractivity contribution in [3.63, 3.8) is 0 Å². The molecular formula is C14H14FNO3. The normalized spacial score (nSPS) is 11.9. The quantitative estimate of drug-likeness (QED) is 0.859. The van der Waals surface area contributed by atoms with E-state index < -0.39 is 11.8 Å². The van der Waals surface area contributed by atoms with Crippen LogP contribution in [0.2, 0.25) is 0 Å². The van der Waals surface area contributed by atoms with Crippen molar-refractivity contribution in [2.45, 2.75) is 13.0 Å². The summed E-state index contributed by atoms with van der Waals surface area (Å²) < 4.78 is 22.8. The van der Waals surface area contributed by atoms with E-state index in [9.17, 15) is 9.18 Å². The van der Waals surface area contributed by atoms with Crippen LogP contribution in [0.3, 0.4) is 0 Å². The van der Waals surface area contributed by atoms with Gasteiger partial charge in [-0.3, -0.25) is 0 Å². The van der Waals surface area contributed by atoms with E-state index in [1.165, 1.54) is 19.2 Å². The van der Waals surface area contributed by atoms with Gasteiger partial charge in [-0.1, -0.05) is 0 Å². The Kier molecular flexibility index (Phi) is 3.85. The number of carbonyl (C=O) groups is 1. The number of furan rings is 1. The van der Waals surface area contributed by atoms with Crippen molar-refractivity contribution in [2.24, 2.45) is 0 Å². The summed E-state index contributed by atoms with van der Waals surface area (Å²) in [5.74, 6) is -1.07. The first-order valence-electron chi connectivity index (χ1n) is 5.78. The Morgan fingerprint density at radius 3 is 2.84 bits per heavy atom. The molecule has 4 nitrogen and oxygen atoms in total. The fourth-order valence-electron chi connectivity index (χ4n) is 1.76. The van der Waals surface area contributed by atoms with Gasteiger partial charge >= 0.3 is 5.97 Å². The number of ether oxygens (including phenoxy) is 1. The minimum absolute atomic E-state index is 0.0763. The van der Waals surface area contributed by atoms with Gasteiger partial charge in [0.05, 0.1) is 31.2 Å². The maximum atomic E-state index is 13.2. The molecule has 0 amide bonds. The van der Waals surface area contributed by atoms with Gasteiger partial charge < -0.3 is 14.5 Å². The molecule has 0 spiro atoms. The summed E-state index contributed by atoms with van der Waals surface area (Å²) in [5, 5.41) is 3.13. The highest BCUT2D eigenvalue weighted by Gasteiger charge is 2.15. The number of carbonyl (C=O) groups excluding carboxylic acids is 1. The number of hydrogen-bond acceptors (Lipinski definition) is 4. The highest BCUT2D eigenvalue weighted by Crippen LogP contribution is 2.24. The van der Waals surface area contributed by atoms with Crippen molar-refractivity contribution < 1.29 is 18.3 Å². The molecule has 0 saturated carbocycles. The molecule has 1 N–H and O–H groups in total. The second kappa shape index (κ2) is 5.56. The predicted octanol–water partition coefficient (Wildman–Crippen LogP) is 3.38. The molecule has 0 aliphatic heterocycles. The van der Waals surface area contributed by atoms with E-state index in [0.29, 0.717) is 5.69 Å². The minimum Gasteiger partial charge on any atom is -0.472 e. The second-order valence-electron chi connectivity index (χ2n) is 4.10. The first kappa shape index (κ1) is 13.1. The second-order valence-corrected chi connectivity index (χ2v) is 4.10. The van der Waals surface area contributed by atoms with Crippen LogP contribution in [0.4, 0.5) is 10.1 Å². The lowest BCUT2D eigenvalue weighted by Crippen LogP contribution is -2.11. The number of hydrogen-bond donors (Lipinski definition) is 1. The lowest BCUT2D eigenvalue weighted by atomic mass is 10.1. The fraction of sp³-hybridized carbons (Fsp3) is 0.214. The van der Waals surface area contributed by atoms with Gasteiger partial charge in [-0.2, -0.15) is 0 Å². The first-order valence-corrected chi connectivity index (χ1v) is 5.78. The monoisotopic (exact) mass is 263 g/mol. The van der Waals surface area contributed by atoms with Gasteiger partial charge in [-0.25, -0.2) is 9.18 Å². The van der Waals surface area contributed by atoms with E-state index >= 15 is 0 Å². The van der Waals surface area contributed by atoms with E-state index in [2.05, 4.69) is 10.1 Å². The minimum atomic E-state index is -0.582. The zero-order valence-electron chi connectivity index (χ0n) is 10.6. The molecule has 0 saturated heterocycles. The van der Waals surface area contributed by atoms with Crippen molar-refractivity contribution in [2.75, 3.05) is 12.4 Å². The molecule has 0 aliphatic rings. The van der Waals surface area contributed by atoms with E-state index in [1.54, 1.807) is 12.5 Å². The number of nitrogens with one attached hydrogen (secondary N) is 1. The summed E-state index contributed by atoms with van der Waals surface area (Å²) in [6.07, 6.45) is 3.18. The van der Waals surface area contributed by atoms with Gasteiger partial charge in [0.1, 0.15) is 5.82 Å². The number of rotatable bonds is 4. The molecule has 19 heavy (non-hydrogen) atoms. The van der Waals surface area contributed by atoms with Gasteiger partial charge in [-0.15, -0.1) is 0 Å². The average Bonchev–Trinajstić information content (AvgIpc) is 2.94. The van der Waals surface area contributed by atoms with E-state index in [4.69, 9.17) is 4.42 Å². The van der Waals surface area contributed by atoms with Crippen LogP contribution < -0.4 is 5.32 Å². The van der Waals surface area contributed by atoms with E-state index in [-0.39, 0.29) is 11.6 Å². The standard InChI is InChI=1S/C14H14FNO3/c1-9(10-5-6-19-8-10)16-13-4-3-11(15)7-12(13)14(17)18-2/h3-9,16H,1-2H3.